The summed E-state index contributed by atoms with van der Waals surface area (Å²) in [5, 5.41) is 8.74. The molecule has 0 saturated carbocycles. The Labute approximate surface area is 129 Å². The van der Waals surface area contributed by atoms with Gasteiger partial charge in [0.05, 0.1) is 0 Å². The van der Waals surface area contributed by atoms with Crippen molar-refractivity contribution in [3.05, 3.63) is 29.3 Å². The van der Waals surface area contributed by atoms with Crippen molar-refractivity contribution in [1.82, 2.24) is 4.90 Å². The summed E-state index contributed by atoms with van der Waals surface area (Å²) in [6.45, 7) is 3.99. The highest BCUT2D eigenvalue weighted by Gasteiger charge is 2.39. The van der Waals surface area contributed by atoms with Crippen molar-refractivity contribution in [2.75, 3.05) is 25.0 Å². The number of aliphatic carboxylic acids is 1. The number of anilines is 1. The first-order chi connectivity index (χ1) is 10.3. The molecule has 0 radical (unpaired) electrons. The molecule has 1 aliphatic rings. The molecule has 0 bridgehead atoms. The van der Waals surface area contributed by atoms with Crippen molar-refractivity contribution in [3.63, 3.8) is 0 Å². The molecule has 2 amide bonds. The molecule has 1 heterocycles. The van der Waals surface area contributed by atoms with Gasteiger partial charge in [-0.05, 0) is 43.5 Å². The Hall–Kier alpha value is -2.37. The van der Waals surface area contributed by atoms with Gasteiger partial charge in [-0.3, -0.25) is 14.4 Å². The number of hydrogen-bond acceptors (Lipinski definition) is 3. The van der Waals surface area contributed by atoms with Crippen molar-refractivity contribution in [2.45, 2.75) is 20.3 Å². The maximum absolute atomic E-state index is 12.5. The summed E-state index contributed by atoms with van der Waals surface area (Å²) >= 11 is 0. The summed E-state index contributed by atoms with van der Waals surface area (Å²) in [6.07, 6.45) is 0.411. The standard InChI is InChI=1S/C16H20N2O4/c1-10-6-11(2)8-12(7-10)18-5-4-13(16(18)22)15(21)17(3)9-14(19)20/h6-8,13H,4-5,9H2,1-3H3,(H,19,20). The van der Waals surface area contributed by atoms with E-state index in [0.29, 0.717) is 13.0 Å². The molecule has 6 nitrogen and oxygen atoms in total. The van der Waals surface area contributed by atoms with E-state index in [2.05, 4.69) is 0 Å². The van der Waals surface area contributed by atoms with Gasteiger partial charge in [0.25, 0.3) is 0 Å². The minimum Gasteiger partial charge on any atom is -0.480 e. The lowest BCUT2D eigenvalue weighted by Gasteiger charge is -2.20. The lowest BCUT2D eigenvalue weighted by atomic mass is 10.1. The first-order valence-corrected chi connectivity index (χ1v) is 7.16. The van der Waals surface area contributed by atoms with E-state index in [0.717, 1.165) is 21.7 Å². The molecule has 0 spiro atoms. The fourth-order valence-electron chi connectivity index (χ4n) is 2.82. The number of hydrogen-bond donors (Lipinski definition) is 1. The molecular weight excluding hydrogens is 284 g/mol. The van der Waals surface area contributed by atoms with Crippen LogP contribution in [0.2, 0.25) is 0 Å². The molecule has 1 unspecified atom stereocenters. The Morgan fingerprint density at radius 1 is 1.27 bits per heavy atom. The van der Waals surface area contributed by atoms with Crippen LogP contribution < -0.4 is 4.90 Å². The molecule has 0 aliphatic carbocycles. The van der Waals surface area contributed by atoms with Crippen LogP contribution in [0.5, 0.6) is 0 Å². The molecule has 1 saturated heterocycles. The Bertz CT molecular complexity index is 606. The number of amides is 2. The molecule has 1 N–H and O–H groups in total. The molecule has 1 atom stereocenters. The molecule has 6 heteroatoms. The lowest BCUT2D eigenvalue weighted by molar-refractivity contribution is -0.146. The third-order valence-electron chi connectivity index (χ3n) is 3.77. The minimum absolute atomic E-state index is 0.257. The third-order valence-corrected chi connectivity index (χ3v) is 3.77. The summed E-state index contributed by atoms with van der Waals surface area (Å²) in [5.74, 6) is -2.57. The fourth-order valence-corrected chi connectivity index (χ4v) is 2.82. The quantitative estimate of drug-likeness (QED) is 0.848. The number of nitrogens with zero attached hydrogens (tertiary/aromatic N) is 2. The summed E-state index contributed by atoms with van der Waals surface area (Å²) in [6, 6.07) is 5.85. The number of likely N-dealkylation sites (N-methyl/N-ethyl adjacent to an activating group) is 1. The molecule has 1 aromatic rings. The van der Waals surface area contributed by atoms with E-state index in [4.69, 9.17) is 5.11 Å². The van der Waals surface area contributed by atoms with Gasteiger partial charge in [0, 0.05) is 19.3 Å². The number of carbonyl (C=O) groups is 3. The van der Waals surface area contributed by atoms with Gasteiger partial charge in [-0.1, -0.05) is 6.07 Å². The van der Waals surface area contributed by atoms with Crippen LogP contribution in [-0.4, -0.2) is 47.9 Å². The number of rotatable bonds is 4. The zero-order valence-corrected chi connectivity index (χ0v) is 13.0. The molecule has 0 aromatic heterocycles. The van der Waals surface area contributed by atoms with E-state index in [1.807, 2.05) is 32.0 Å². The number of carbonyl (C=O) groups excluding carboxylic acids is 2. The van der Waals surface area contributed by atoms with Gasteiger partial charge in [0.15, 0.2) is 0 Å². The van der Waals surface area contributed by atoms with Gasteiger partial charge in [0.2, 0.25) is 11.8 Å². The summed E-state index contributed by atoms with van der Waals surface area (Å²) < 4.78 is 0. The second-order valence-corrected chi connectivity index (χ2v) is 5.77. The Balaban J connectivity index is 2.15. The van der Waals surface area contributed by atoms with Crippen LogP contribution in [0.4, 0.5) is 5.69 Å². The van der Waals surface area contributed by atoms with Crippen molar-refractivity contribution in [2.24, 2.45) is 5.92 Å². The summed E-state index contributed by atoms with van der Waals surface area (Å²) in [4.78, 5) is 38.1. The Morgan fingerprint density at radius 2 is 1.86 bits per heavy atom. The van der Waals surface area contributed by atoms with Crippen LogP contribution in [0, 0.1) is 19.8 Å². The topological polar surface area (TPSA) is 77.9 Å². The first-order valence-electron chi connectivity index (χ1n) is 7.16. The van der Waals surface area contributed by atoms with Crippen LogP contribution in [0.3, 0.4) is 0 Å². The van der Waals surface area contributed by atoms with Crippen molar-refractivity contribution < 1.29 is 19.5 Å². The number of benzene rings is 1. The van der Waals surface area contributed by atoms with Crippen LogP contribution in [-0.2, 0) is 14.4 Å². The van der Waals surface area contributed by atoms with E-state index in [9.17, 15) is 14.4 Å². The highest BCUT2D eigenvalue weighted by Crippen LogP contribution is 2.27. The van der Waals surface area contributed by atoms with Crippen molar-refractivity contribution in [3.8, 4) is 0 Å². The highest BCUT2D eigenvalue weighted by molar-refractivity contribution is 6.10. The molecule has 1 aliphatic heterocycles. The molecule has 1 aromatic carbocycles. The molecule has 22 heavy (non-hydrogen) atoms. The largest absolute Gasteiger partial charge is 0.480 e. The van der Waals surface area contributed by atoms with Crippen LogP contribution in [0.1, 0.15) is 17.5 Å². The predicted octanol–water partition coefficient (Wildman–Crippen LogP) is 1.20. The average molecular weight is 304 g/mol. The van der Waals surface area contributed by atoms with E-state index in [1.54, 1.807) is 4.90 Å². The van der Waals surface area contributed by atoms with Gasteiger partial charge < -0.3 is 14.9 Å². The Morgan fingerprint density at radius 3 is 2.41 bits per heavy atom. The monoisotopic (exact) mass is 304 g/mol. The first kappa shape index (κ1) is 16.0. The predicted molar refractivity (Wildman–Crippen MR) is 81.6 cm³/mol. The number of aryl methyl sites for hydroxylation is 2. The number of carboxylic acids is 1. The van der Waals surface area contributed by atoms with Gasteiger partial charge in [0.1, 0.15) is 12.5 Å². The third kappa shape index (κ3) is 3.27. The molecular formula is C16H20N2O4. The summed E-state index contributed by atoms with van der Waals surface area (Å²) in [5.41, 5.74) is 2.90. The maximum Gasteiger partial charge on any atom is 0.323 e. The average Bonchev–Trinajstić information content (AvgIpc) is 2.77. The van der Waals surface area contributed by atoms with E-state index < -0.39 is 24.3 Å². The number of carboxylic acid groups (broad SMARTS) is 1. The zero-order chi connectivity index (χ0) is 16.4. The van der Waals surface area contributed by atoms with Crippen molar-refractivity contribution in [1.29, 1.82) is 0 Å². The van der Waals surface area contributed by atoms with Gasteiger partial charge in [-0.2, -0.15) is 0 Å². The van der Waals surface area contributed by atoms with Crippen LogP contribution >= 0.6 is 0 Å². The Kier molecular flexibility index (Phi) is 4.49. The second kappa shape index (κ2) is 6.17. The molecule has 118 valence electrons. The SMILES string of the molecule is Cc1cc(C)cc(N2CCC(C(=O)N(C)CC(=O)O)C2=O)c1. The lowest BCUT2D eigenvalue weighted by Crippen LogP contribution is -2.40. The van der Waals surface area contributed by atoms with Gasteiger partial charge >= 0.3 is 5.97 Å². The minimum atomic E-state index is -1.09. The van der Waals surface area contributed by atoms with E-state index in [-0.39, 0.29) is 5.91 Å². The van der Waals surface area contributed by atoms with E-state index in [1.165, 1.54) is 7.05 Å². The van der Waals surface area contributed by atoms with Crippen molar-refractivity contribution >= 4 is 23.5 Å². The molecule has 1 fully saturated rings. The fraction of sp³-hybridized carbons (Fsp3) is 0.438. The smallest absolute Gasteiger partial charge is 0.323 e. The maximum atomic E-state index is 12.5. The van der Waals surface area contributed by atoms with Crippen LogP contribution in [0.25, 0.3) is 0 Å². The second-order valence-electron chi connectivity index (χ2n) is 5.77. The normalized spacial score (nSPS) is 17.7. The van der Waals surface area contributed by atoms with E-state index >= 15 is 0 Å². The van der Waals surface area contributed by atoms with Crippen LogP contribution in [0.15, 0.2) is 18.2 Å². The summed E-state index contributed by atoms with van der Waals surface area (Å²) in [7, 11) is 1.41. The molecule has 2 rings (SSSR count). The zero-order valence-electron chi connectivity index (χ0n) is 13.0. The van der Waals surface area contributed by atoms with Gasteiger partial charge in [-0.15, -0.1) is 0 Å². The van der Waals surface area contributed by atoms with Gasteiger partial charge in [-0.25, -0.2) is 0 Å². The highest BCUT2D eigenvalue weighted by atomic mass is 16.4.